The standard InChI is InChI=1S/C13H17BrN2S2/c14-10-4-7-17-11(10)8-15-12-16-13(9-18-12)5-2-1-3-6-13/h4,7H,1-3,5-6,8-9H2,(H,15,16). The van der Waals surface area contributed by atoms with E-state index >= 15 is 0 Å². The summed E-state index contributed by atoms with van der Waals surface area (Å²) in [5, 5.41) is 6.95. The highest BCUT2D eigenvalue weighted by Gasteiger charge is 2.37. The fourth-order valence-electron chi connectivity index (χ4n) is 2.67. The molecule has 0 radical (unpaired) electrons. The Labute approximate surface area is 125 Å². The fourth-order valence-corrected chi connectivity index (χ4v) is 5.29. The summed E-state index contributed by atoms with van der Waals surface area (Å²) in [5.41, 5.74) is 0.369. The molecule has 0 aromatic carbocycles. The first-order chi connectivity index (χ1) is 8.77. The van der Waals surface area contributed by atoms with E-state index in [9.17, 15) is 0 Å². The van der Waals surface area contributed by atoms with Gasteiger partial charge in [-0.2, -0.15) is 0 Å². The van der Waals surface area contributed by atoms with Crippen LogP contribution in [0.5, 0.6) is 0 Å². The van der Waals surface area contributed by atoms with Gasteiger partial charge in [0.25, 0.3) is 0 Å². The first-order valence-electron chi connectivity index (χ1n) is 6.45. The summed E-state index contributed by atoms with van der Waals surface area (Å²) in [6.07, 6.45) is 6.79. The lowest BCUT2D eigenvalue weighted by molar-refractivity contribution is 0.303. The van der Waals surface area contributed by atoms with Crippen LogP contribution >= 0.6 is 39.0 Å². The summed E-state index contributed by atoms with van der Waals surface area (Å²) in [6.45, 7) is 0.795. The molecule has 1 saturated carbocycles. The normalized spacial score (nSPS) is 24.6. The van der Waals surface area contributed by atoms with E-state index in [1.807, 2.05) is 11.8 Å². The molecule has 1 aliphatic heterocycles. The minimum atomic E-state index is 0.369. The van der Waals surface area contributed by atoms with Crippen molar-refractivity contribution in [3.63, 3.8) is 0 Å². The van der Waals surface area contributed by atoms with Crippen LogP contribution < -0.4 is 5.32 Å². The number of hydrogen-bond acceptors (Lipinski definition) is 3. The van der Waals surface area contributed by atoms with Gasteiger partial charge in [-0.05, 0) is 40.2 Å². The van der Waals surface area contributed by atoms with Crippen molar-refractivity contribution in [2.45, 2.75) is 44.2 Å². The molecule has 5 heteroatoms. The molecule has 2 heterocycles. The van der Waals surface area contributed by atoms with Gasteiger partial charge in [-0.15, -0.1) is 11.3 Å². The molecule has 1 N–H and O–H groups in total. The Hall–Kier alpha value is -0.000000000000000111. The number of rotatable bonds is 2. The van der Waals surface area contributed by atoms with Gasteiger partial charge in [-0.3, -0.25) is 4.99 Å². The quantitative estimate of drug-likeness (QED) is 0.859. The molecule has 98 valence electrons. The van der Waals surface area contributed by atoms with Gasteiger partial charge >= 0.3 is 0 Å². The number of nitrogens with one attached hydrogen (secondary N) is 1. The van der Waals surface area contributed by atoms with Crippen LogP contribution in [0, 0.1) is 0 Å². The highest BCUT2D eigenvalue weighted by molar-refractivity contribution is 9.10. The average molecular weight is 345 g/mol. The van der Waals surface area contributed by atoms with E-state index < -0.39 is 0 Å². The van der Waals surface area contributed by atoms with Crippen molar-refractivity contribution in [1.82, 2.24) is 5.32 Å². The Bertz CT molecular complexity index is 450. The second-order valence-electron chi connectivity index (χ2n) is 5.07. The van der Waals surface area contributed by atoms with E-state index in [-0.39, 0.29) is 0 Å². The van der Waals surface area contributed by atoms with Crippen LogP contribution in [0.4, 0.5) is 0 Å². The van der Waals surface area contributed by atoms with Crippen molar-refractivity contribution in [3.8, 4) is 0 Å². The Morgan fingerprint density at radius 2 is 2.17 bits per heavy atom. The number of aliphatic imine (C=N–C) groups is 1. The van der Waals surface area contributed by atoms with Crippen LogP contribution in [0.1, 0.15) is 37.0 Å². The summed E-state index contributed by atoms with van der Waals surface area (Å²) in [7, 11) is 0. The third-order valence-corrected chi connectivity index (χ3v) is 6.84. The van der Waals surface area contributed by atoms with Crippen LogP contribution in [-0.4, -0.2) is 16.5 Å². The summed E-state index contributed by atoms with van der Waals surface area (Å²) in [5.74, 6) is 1.21. The average Bonchev–Trinajstić information content (AvgIpc) is 2.96. The molecule has 3 rings (SSSR count). The monoisotopic (exact) mass is 344 g/mol. The van der Waals surface area contributed by atoms with Gasteiger partial charge in [-0.1, -0.05) is 31.0 Å². The van der Waals surface area contributed by atoms with Crippen LogP contribution in [0.25, 0.3) is 0 Å². The first-order valence-corrected chi connectivity index (χ1v) is 9.11. The molecule has 0 bridgehead atoms. The van der Waals surface area contributed by atoms with E-state index in [1.54, 1.807) is 11.3 Å². The van der Waals surface area contributed by atoms with Crippen LogP contribution in [0.15, 0.2) is 20.9 Å². The van der Waals surface area contributed by atoms with Crippen molar-refractivity contribution in [2.75, 3.05) is 5.75 Å². The molecule has 1 spiro atoms. The zero-order valence-electron chi connectivity index (χ0n) is 10.2. The third-order valence-electron chi connectivity index (χ3n) is 3.73. The van der Waals surface area contributed by atoms with Gasteiger partial charge in [0.15, 0.2) is 5.17 Å². The molecule has 0 atom stereocenters. The minimum Gasteiger partial charge on any atom is -0.359 e. The van der Waals surface area contributed by atoms with Crippen molar-refractivity contribution in [1.29, 1.82) is 0 Å². The Balaban J connectivity index is 1.63. The van der Waals surface area contributed by atoms with Gasteiger partial charge < -0.3 is 5.32 Å². The van der Waals surface area contributed by atoms with Gasteiger partial charge in [0.2, 0.25) is 0 Å². The van der Waals surface area contributed by atoms with E-state index in [1.165, 1.54) is 47.2 Å². The number of thioether (sulfide) groups is 1. The van der Waals surface area contributed by atoms with E-state index in [0.717, 1.165) is 11.7 Å². The fraction of sp³-hybridized carbons (Fsp3) is 0.615. The van der Waals surface area contributed by atoms with Gasteiger partial charge in [0.05, 0.1) is 6.54 Å². The van der Waals surface area contributed by atoms with Crippen LogP contribution in [-0.2, 0) is 6.54 Å². The molecular formula is C13H17BrN2S2. The molecule has 1 aromatic rings. The number of thiophene rings is 1. The number of nitrogens with zero attached hydrogens (tertiary/aromatic N) is 1. The first kappa shape index (κ1) is 13.0. The van der Waals surface area contributed by atoms with E-state index in [2.05, 4.69) is 32.7 Å². The SMILES string of the molecule is Brc1ccsc1CN=C1NC2(CCCCC2)CS1. The van der Waals surface area contributed by atoms with E-state index in [4.69, 9.17) is 4.99 Å². The van der Waals surface area contributed by atoms with Crippen LogP contribution in [0.3, 0.4) is 0 Å². The van der Waals surface area contributed by atoms with E-state index in [0.29, 0.717) is 5.54 Å². The van der Waals surface area contributed by atoms with Crippen molar-refractivity contribution >= 4 is 44.2 Å². The van der Waals surface area contributed by atoms with Crippen molar-refractivity contribution < 1.29 is 0 Å². The van der Waals surface area contributed by atoms with Gasteiger partial charge in [0.1, 0.15) is 0 Å². The summed E-state index contributed by atoms with van der Waals surface area (Å²) in [4.78, 5) is 6.04. The predicted octanol–water partition coefficient (Wildman–Crippen LogP) is 4.41. The summed E-state index contributed by atoms with van der Waals surface area (Å²) in [6, 6.07) is 2.10. The summed E-state index contributed by atoms with van der Waals surface area (Å²) >= 11 is 7.23. The number of amidine groups is 1. The topological polar surface area (TPSA) is 24.4 Å². The molecule has 2 nitrogen and oxygen atoms in total. The maximum Gasteiger partial charge on any atom is 0.157 e. The van der Waals surface area contributed by atoms with Crippen LogP contribution in [0.2, 0.25) is 0 Å². The van der Waals surface area contributed by atoms with Gasteiger partial charge in [-0.25, -0.2) is 0 Å². The Morgan fingerprint density at radius 1 is 1.33 bits per heavy atom. The highest BCUT2D eigenvalue weighted by atomic mass is 79.9. The minimum absolute atomic E-state index is 0.369. The molecule has 1 aromatic heterocycles. The molecule has 0 amide bonds. The second kappa shape index (κ2) is 5.55. The lowest BCUT2D eigenvalue weighted by Crippen LogP contribution is -2.45. The number of halogens is 1. The molecule has 2 fully saturated rings. The highest BCUT2D eigenvalue weighted by Crippen LogP contribution is 2.36. The lowest BCUT2D eigenvalue weighted by atomic mass is 9.83. The molecular weight excluding hydrogens is 328 g/mol. The maximum absolute atomic E-state index is 4.72. The molecule has 1 saturated heterocycles. The molecule has 1 aliphatic carbocycles. The maximum atomic E-state index is 4.72. The molecule has 2 aliphatic rings. The lowest BCUT2D eigenvalue weighted by Gasteiger charge is -2.32. The van der Waals surface area contributed by atoms with Gasteiger partial charge in [0, 0.05) is 20.6 Å². The van der Waals surface area contributed by atoms with Crippen molar-refractivity contribution in [3.05, 3.63) is 20.8 Å². The Morgan fingerprint density at radius 3 is 2.89 bits per heavy atom. The molecule has 0 unspecified atom stereocenters. The second-order valence-corrected chi connectivity index (χ2v) is 7.89. The molecule has 18 heavy (non-hydrogen) atoms. The number of hydrogen-bond donors (Lipinski definition) is 1. The predicted molar refractivity (Wildman–Crippen MR) is 84.6 cm³/mol. The third kappa shape index (κ3) is 2.78. The largest absolute Gasteiger partial charge is 0.359 e. The zero-order chi connectivity index (χ0) is 12.4. The van der Waals surface area contributed by atoms with Crippen molar-refractivity contribution in [2.24, 2.45) is 4.99 Å². The Kier molecular flexibility index (Phi) is 4.01. The zero-order valence-corrected chi connectivity index (χ0v) is 13.5. The smallest absolute Gasteiger partial charge is 0.157 e. The summed E-state index contributed by atoms with van der Waals surface area (Å²) < 4.78 is 1.19.